The molecule has 1 aliphatic heterocycles. The van der Waals surface area contributed by atoms with E-state index in [1.807, 2.05) is 30.3 Å². The van der Waals surface area contributed by atoms with Gasteiger partial charge in [0.1, 0.15) is 5.75 Å². The SMILES string of the molecule is COC(=O)c1ccc(C(C)(F)F)cc1-c1ccc2c(c1)OC[C@H](Cc1ccccc1)[C@H]2O. The number of hydrogen-bond acceptors (Lipinski definition) is 4. The molecule has 0 unspecified atom stereocenters. The first-order valence-corrected chi connectivity index (χ1v) is 10.4. The van der Waals surface area contributed by atoms with Crippen LogP contribution in [0.2, 0.25) is 0 Å². The van der Waals surface area contributed by atoms with Crippen LogP contribution in [-0.4, -0.2) is 24.8 Å². The lowest BCUT2D eigenvalue weighted by Gasteiger charge is -2.31. The van der Waals surface area contributed by atoms with Crippen LogP contribution in [0.3, 0.4) is 0 Å². The van der Waals surface area contributed by atoms with Gasteiger partial charge in [0, 0.05) is 24.0 Å². The molecule has 0 saturated heterocycles. The van der Waals surface area contributed by atoms with E-state index in [4.69, 9.17) is 9.47 Å². The van der Waals surface area contributed by atoms with Gasteiger partial charge in [0.05, 0.1) is 25.4 Å². The lowest BCUT2D eigenvalue weighted by atomic mass is 9.86. The highest BCUT2D eigenvalue weighted by atomic mass is 19.3. The number of methoxy groups -OCH3 is 1. The molecule has 0 aliphatic carbocycles. The van der Waals surface area contributed by atoms with Crippen LogP contribution in [0.15, 0.2) is 66.7 Å². The molecule has 0 fully saturated rings. The van der Waals surface area contributed by atoms with E-state index in [9.17, 15) is 18.7 Å². The van der Waals surface area contributed by atoms with E-state index in [-0.39, 0.29) is 17.0 Å². The fourth-order valence-corrected chi connectivity index (χ4v) is 4.04. The molecule has 0 aromatic heterocycles. The second kappa shape index (κ2) is 8.71. The maximum absolute atomic E-state index is 13.9. The Morgan fingerprint density at radius 1 is 1.12 bits per heavy atom. The van der Waals surface area contributed by atoms with Crippen molar-refractivity contribution in [3.8, 4) is 16.9 Å². The Hall–Kier alpha value is -3.25. The van der Waals surface area contributed by atoms with Crippen LogP contribution in [-0.2, 0) is 17.1 Å². The van der Waals surface area contributed by atoms with E-state index in [1.165, 1.54) is 25.3 Å². The minimum Gasteiger partial charge on any atom is -0.493 e. The summed E-state index contributed by atoms with van der Waals surface area (Å²) in [5, 5.41) is 10.9. The predicted molar refractivity (Wildman–Crippen MR) is 117 cm³/mol. The maximum Gasteiger partial charge on any atom is 0.338 e. The first-order valence-electron chi connectivity index (χ1n) is 10.4. The maximum atomic E-state index is 13.9. The van der Waals surface area contributed by atoms with E-state index < -0.39 is 18.0 Å². The van der Waals surface area contributed by atoms with Crippen molar-refractivity contribution in [1.29, 1.82) is 0 Å². The van der Waals surface area contributed by atoms with Crippen LogP contribution in [0.1, 0.15) is 40.1 Å². The number of alkyl halides is 2. The normalized spacial score (nSPS) is 17.9. The Kier molecular flexibility index (Phi) is 5.98. The third-order valence-corrected chi connectivity index (χ3v) is 5.82. The van der Waals surface area contributed by atoms with Crippen molar-refractivity contribution < 1.29 is 28.2 Å². The molecule has 1 aliphatic rings. The van der Waals surface area contributed by atoms with Crippen LogP contribution in [0.25, 0.3) is 11.1 Å². The van der Waals surface area contributed by atoms with Crippen molar-refractivity contribution in [3.05, 3.63) is 89.0 Å². The van der Waals surface area contributed by atoms with Gasteiger partial charge < -0.3 is 14.6 Å². The van der Waals surface area contributed by atoms with Crippen molar-refractivity contribution in [2.24, 2.45) is 5.92 Å². The number of aliphatic hydroxyl groups is 1. The number of carbonyl (C=O) groups excluding carboxylic acids is 1. The highest BCUT2D eigenvalue weighted by Crippen LogP contribution is 2.41. The zero-order chi connectivity index (χ0) is 22.9. The number of rotatable bonds is 5. The van der Waals surface area contributed by atoms with Gasteiger partial charge in [-0.25, -0.2) is 13.6 Å². The molecule has 0 spiro atoms. The zero-order valence-corrected chi connectivity index (χ0v) is 17.8. The highest BCUT2D eigenvalue weighted by Gasteiger charge is 2.31. The van der Waals surface area contributed by atoms with Gasteiger partial charge in [0.15, 0.2) is 0 Å². The number of benzene rings is 3. The number of esters is 1. The van der Waals surface area contributed by atoms with Gasteiger partial charge in [0.25, 0.3) is 5.92 Å². The topological polar surface area (TPSA) is 55.8 Å². The summed E-state index contributed by atoms with van der Waals surface area (Å²) >= 11 is 0. The van der Waals surface area contributed by atoms with Crippen LogP contribution in [0.4, 0.5) is 8.78 Å². The average molecular weight is 438 g/mol. The number of aliphatic hydroxyl groups excluding tert-OH is 1. The van der Waals surface area contributed by atoms with Crippen LogP contribution in [0.5, 0.6) is 5.75 Å². The fraction of sp³-hybridized carbons (Fsp3) is 0.269. The van der Waals surface area contributed by atoms with Gasteiger partial charge in [-0.3, -0.25) is 0 Å². The molecule has 3 aromatic carbocycles. The lowest BCUT2D eigenvalue weighted by molar-refractivity contribution is 0.0174. The second-order valence-corrected chi connectivity index (χ2v) is 8.10. The predicted octanol–water partition coefficient (Wildman–Crippen LogP) is 5.54. The van der Waals surface area contributed by atoms with Crippen molar-refractivity contribution in [2.45, 2.75) is 25.4 Å². The molecule has 0 saturated carbocycles. The Morgan fingerprint density at radius 3 is 2.56 bits per heavy atom. The number of halogens is 2. The molecule has 1 N–H and O–H groups in total. The first kappa shape index (κ1) is 22.0. The molecule has 32 heavy (non-hydrogen) atoms. The third kappa shape index (κ3) is 4.36. The summed E-state index contributed by atoms with van der Waals surface area (Å²) in [6.45, 7) is 1.13. The van der Waals surface area contributed by atoms with Crippen LogP contribution < -0.4 is 4.74 Å². The van der Waals surface area contributed by atoms with Crippen LogP contribution >= 0.6 is 0 Å². The van der Waals surface area contributed by atoms with Gasteiger partial charge in [-0.05, 0) is 41.3 Å². The highest BCUT2D eigenvalue weighted by molar-refractivity contribution is 5.97. The largest absolute Gasteiger partial charge is 0.493 e. The average Bonchev–Trinajstić information content (AvgIpc) is 2.80. The van der Waals surface area contributed by atoms with E-state index in [0.29, 0.717) is 35.5 Å². The van der Waals surface area contributed by atoms with Gasteiger partial charge in [-0.2, -0.15) is 0 Å². The standard InChI is InChI=1S/C26H24F2O4/c1-26(27,28)19-9-11-20(25(30)31-2)22(14-19)17-8-10-21-23(13-17)32-15-18(24(21)29)12-16-6-4-3-5-7-16/h3-11,13-14,18,24,29H,12,15H2,1-2H3/t18-,24+/m0/s1. The summed E-state index contributed by atoms with van der Waals surface area (Å²) in [7, 11) is 1.24. The van der Waals surface area contributed by atoms with Gasteiger partial charge in [-0.1, -0.05) is 48.5 Å². The minimum absolute atomic E-state index is 0.108. The van der Waals surface area contributed by atoms with E-state index in [2.05, 4.69) is 0 Å². The molecule has 0 amide bonds. The first-order chi connectivity index (χ1) is 15.3. The van der Waals surface area contributed by atoms with E-state index >= 15 is 0 Å². The molecule has 0 radical (unpaired) electrons. The number of ether oxygens (including phenoxy) is 2. The molecule has 2 atom stereocenters. The molecular weight excluding hydrogens is 414 g/mol. The summed E-state index contributed by atoms with van der Waals surface area (Å²) < 4.78 is 38.6. The smallest absolute Gasteiger partial charge is 0.338 e. The van der Waals surface area contributed by atoms with Crippen molar-refractivity contribution >= 4 is 5.97 Å². The number of hydrogen-bond donors (Lipinski definition) is 1. The van der Waals surface area contributed by atoms with Crippen LogP contribution in [0, 0.1) is 5.92 Å². The van der Waals surface area contributed by atoms with Gasteiger partial charge in [0.2, 0.25) is 0 Å². The van der Waals surface area contributed by atoms with E-state index in [1.54, 1.807) is 18.2 Å². The molecule has 166 valence electrons. The van der Waals surface area contributed by atoms with Crippen molar-refractivity contribution in [2.75, 3.05) is 13.7 Å². The molecule has 0 bridgehead atoms. The monoisotopic (exact) mass is 438 g/mol. The Bertz CT molecular complexity index is 1120. The van der Waals surface area contributed by atoms with Crippen molar-refractivity contribution in [3.63, 3.8) is 0 Å². The molecule has 4 nitrogen and oxygen atoms in total. The van der Waals surface area contributed by atoms with Gasteiger partial charge >= 0.3 is 5.97 Å². The molecule has 6 heteroatoms. The zero-order valence-electron chi connectivity index (χ0n) is 17.8. The lowest BCUT2D eigenvalue weighted by Crippen LogP contribution is -2.27. The Balaban J connectivity index is 1.69. The Morgan fingerprint density at radius 2 is 1.88 bits per heavy atom. The number of carbonyl (C=O) groups is 1. The quantitative estimate of drug-likeness (QED) is 0.532. The molecule has 1 heterocycles. The summed E-state index contributed by atoms with van der Waals surface area (Å²) in [6, 6.07) is 18.9. The molecular formula is C26H24F2O4. The third-order valence-electron chi connectivity index (χ3n) is 5.82. The second-order valence-electron chi connectivity index (χ2n) is 8.10. The summed E-state index contributed by atoms with van der Waals surface area (Å²) in [5.41, 5.74) is 2.57. The number of fused-ring (bicyclic) bond motifs is 1. The summed E-state index contributed by atoms with van der Waals surface area (Å²) in [4.78, 5) is 12.2. The van der Waals surface area contributed by atoms with Gasteiger partial charge in [-0.15, -0.1) is 0 Å². The minimum atomic E-state index is -3.06. The summed E-state index contributed by atoms with van der Waals surface area (Å²) in [5.74, 6) is -3.31. The van der Waals surface area contributed by atoms with E-state index in [0.717, 1.165) is 12.5 Å². The molecule has 4 rings (SSSR count). The van der Waals surface area contributed by atoms with Crippen molar-refractivity contribution in [1.82, 2.24) is 0 Å². The summed E-state index contributed by atoms with van der Waals surface area (Å²) in [6.07, 6.45) is -0.0528. The Labute approximate surface area is 185 Å². The molecule has 3 aromatic rings. The fourth-order valence-electron chi connectivity index (χ4n) is 4.04.